The topological polar surface area (TPSA) is 17.8 Å². The third kappa shape index (κ3) is 3.88. The molecule has 1 aromatic heterocycles. The fraction of sp³-hybridized carbons (Fsp3) is 0.0263. The number of aromatic nitrogens is 2. The fourth-order valence-electron chi connectivity index (χ4n) is 5.82. The number of aryl methyl sites for hydroxylation is 1. The standard InChI is InChI=1S/C38H26N2/c1-3-4-17-31-26(2)32-23-22-28(25-35(32)34-19-9-8-18-33(31)34)27-13-12-14-29(24-27)38-39-36-20-10-11-21-37(36)40(38)30-15-6-5-7-16-30/h1,4-25H,2H3/b17-4-. The Bertz CT molecular complexity index is 2120. The van der Waals surface area contributed by atoms with Gasteiger partial charge in [-0.25, -0.2) is 4.98 Å². The van der Waals surface area contributed by atoms with Gasteiger partial charge in [0.15, 0.2) is 0 Å². The van der Waals surface area contributed by atoms with E-state index in [0.717, 1.165) is 33.7 Å². The van der Waals surface area contributed by atoms with Gasteiger partial charge in [-0.2, -0.15) is 0 Å². The van der Waals surface area contributed by atoms with Crippen molar-refractivity contribution in [2.45, 2.75) is 6.92 Å². The lowest BCUT2D eigenvalue weighted by Gasteiger charge is -2.14. The highest BCUT2D eigenvalue weighted by atomic mass is 15.1. The van der Waals surface area contributed by atoms with Crippen molar-refractivity contribution in [3.05, 3.63) is 139 Å². The summed E-state index contributed by atoms with van der Waals surface area (Å²) >= 11 is 0. The SMILES string of the molecule is C#C/C=C\c1c(C)c2ccc(-c3cccc(-c4nc5ccccc5n4-c4ccccc4)c3)cc2c2ccccc12. The summed E-state index contributed by atoms with van der Waals surface area (Å²) in [6, 6.07) is 42.8. The first-order chi connectivity index (χ1) is 19.7. The van der Waals surface area contributed by atoms with Gasteiger partial charge in [-0.3, -0.25) is 4.57 Å². The van der Waals surface area contributed by atoms with Crippen LogP contribution in [0.1, 0.15) is 11.1 Å². The number of rotatable bonds is 4. The number of fused-ring (bicyclic) bond motifs is 4. The van der Waals surface area contributed by atoms with E-state index in [-0.39, 0.29) is 0 Å². The van der Waals surface area contributed by atoms with Crippen molar-refractivity contribution >= 4 is 38.7 Å². The lowest BCUT2D eigenvalue weighted by atomic mass is 9.90. The smallest absolute Gasteiger partial charge is 0.145 e. The number of hydrogen-bond donors (Lipinski definition) is 0. The van der Waals surface area contributed by atoms with E-state index in [1.54, 1.807) is 6.08 Å². The highest BCUT2D eigenvalue weighted by Crippen LogP contribution is 2.37. The molecule has 188 valence electrons. The molecular weight excluding hydrogens is 484 g/mol. The fourth-order valence-corrected chi connectivity index (χ4v) is 5.82. The van der Waals surface area contributed by atoms with Crippen LogP contribution < -0.4 is 0 Å². The minimum atomic E-state index is 0.932. The Morgan fingerprint density at radius 2 is 1.38 bits per heavy atom. The summed E-state index contributed by atoms with van der Waals surface area (Å²) in [5.41, 5.74) is 8.99. The molecule has 7 rings (SSSR count). The predicted octanol–water partition coefficient (Wildman–Crippen LogP) is 9.62. The summed E-state index contributed by atoms with van der Waals surface area (Å²) in [6.07, 6.45) is 9.37. The van der Waals surface area contributed by atoms with Crippen molar-refractivity contribution in [2.75, 3.05) is 0 Å². The van der Waals surface area contributed by atoms with Crippen molar-refractivity contribution in [2.24, 2.45) is 0 Å². The molecule has 0 amide bonds. The number of para-hydroxylation sites is 3. The van der Waals surface area contributed by atoms with Crippen molar-refractivity contribution in [1.29, 1.82) is 0 Å². The molecule has 0 aliphatic carbocycles. The van der Waals surface area contributed by atoms with Crippen LogP contribution >= 0.6 is 0 Å². The molecule has 2 heteroatoms. The lowest BCUT2D eigenvalue weighted by Crippen LogP contribution is -1.97. The number of benzene rings is 6. The normalized spacial score (nSPS) is 11.5. The maximum atomic E-state index is 5.54. The molecule has 0 saturated heterocycles. The highest BCUT2D eigenvalue weighted by Gasteiger charge is 2.15. The molecule has 0 radical (unpaired) electrons. The zero-order valence-corrected chi connectivity index (χ0v) is 22.2. The summed E-state index contributed by atoms with van der Waals surface area (Å²) in [5, 5.41) is 4.91. The Kier molecular flexibility index (Phi) is 5.77. The second kappa shape index (κ2) is 9.73. The van der Waals surface area contributed by atoms with Crippen LogP contribution in [-0.4, -0.2) is 9.55 Å². The Balaban J connectivity index is 1.42. The van der Waals surface area contributed by atoms with Crippen molar-refractivity contribution in [3.8, 4) is 40.5 Å². The van der Waals surface area contributed by atoms with Gasteiger partial charge >= 0.3 is 0 Å². The molecule has 0 aliphatic rings. The Labute approximate surface area is 233 Å². The highest BCUT2D eigenvalue weighted by molar-refractivity contribution is 6.13. The molecule has 1 heterocycles. The van der Waals surface area contributed by atoms with Gasteiger partial charge in [0.25, 0.3) is 0 Å². The maximum Gasteiger partial charge on any atom is 0.145 e. The van der Waals surface area contributed by atoms with E-state index in [4.69, 9.17) is 11.4 Å². The van der Waals surface area contributed by atoms with Crippen molar-refractivity contribution < 1.29 is 0 Å². The molecule has 2 nitrogen and oxygen atoms in total. The molecular formula is C38H26N2. The van der Waals surface area contributed by atoms with Crippen LogP contribution in [0.3, 0.4) is 0 Å². The second-order valence-electron chi connectivity index (χ2n) is 10.0. The van der Waals surface area contributed by atoms with Gasteiger partial charge in [-0.05, 0) is 99.3 Å². The zero-order chi connectivity index (χ0) is 27.1. The summed E-state index contributed by atoms with van der Waals surface area (Å²) in [4.78, 5) is 5.07. The first-order valence-corrected chi connectivity index (χ1v) is 13.4. The number of imidazole rings is 1. The largest absolute Gasteiger partial charge is 0.292 e. The molecule has 0 unspecified atom stereocenters. The van der Waals surface area contributed by atoms with Crippen LogP contribution in [0.2, 0.25) is 0 Å². The maximum absolute atomic E-state index is 5.54. The molecule has 0 spiro atoms. The Morgan fingerprint density at radius 3 is 2.23 bits per heavy atom. The van der Waals surface area contributed by atoms with Gasteiger partial charge in [0.2, 0.25) is 0 Å². The molecule has 7 aromatic rings. The van der Waals surface area contributed by atoms with Gasteiger partial charge in [-0.1, -0.05) is 90.8 Å². The number of terminal acetylenes is 1. The van der Waals surface area contributed by atoms with Gasteiger partial charge in [0, 0.05) is 11.3 Å². The van der Waals surface area contributed by atoms with E-state index in [1.807, 2.05) is 18.2 Å². The quantitative estimate of drug-likeness (QED) is 0.170. The molecule has 0 fully saturated rings. The molecule has 0 aliphatic heterocycles. The molecule has 40 heavy (non-hydrogen) atoms. The van der Waals surface area contributed by atoms with Crippen LogP contribution in [-0.2, 0) is 0 Å². The van der Waals surface area contributed by atoms with E-state index in [1.165, 1.54) is 38.2 Å². The number of hydrogen-bond acceptors (Lipinski definition) is 1. The van der Waals surface area contributed by atoms with Crippen molar-refractivity contribution in [3.63, 3.8) is 0 Å². The zero-order valence-electron chi connectivity index (χ0n) is 22.2. The summed E-state index contributed by atoms with van der Waals surface area (Å²) in [5.74, 6) is 3.57. The first-order valence-electron chi connectivity index (χ1n) is 13.4. The summed E-state index contributed by atoms with van der Waals surface area (Å²) < 4.78 is 2.25. The van der Waals surface area contributed by atoms with E-state index in [9.17, 15) is 0 Å². The van der Waals surface area contributed by atoms with Crippen LogP contribution in [0.4, 0.5) is 0 Å². The average molecular weight is 511 g/mol. The number of nitrogens with zero attached hydrogens (tertiary/aromatic N) is 2. The van der Waals surface area contributed by atoms with Crippen LogP contribution in [0, 0.1) is 19.3 Å². The van der Waals surface area contributed by atoms with Crippen molar-refractivity contribution in [1.82, 2.24) is 9.55 Å². The van der Waals surface area contributed by atoms with E-state index >= 15 is 0 Å². The van der Waals surface area contributed by atoms with E-state index < -0.39 is 0 Å². The first kappa shape index (κ1) is 23.7. The van der Waals surface area contributed by atoms with Crippen LogP contribution in [0.25, 0.3) is 66.9 Å². The minimum absolute atomic E-state index is 0.932. The molecule has 6 aromatic carbocycles. The second-order valence-corrected chi connectivity index (χ2v) is 10.0. The molecule has 0 saturated carbocycles. The van der Waals surface area contributed by atoms with Crippen LogP contribution in [0.15, 0.2) is 127 Å². The predicted molar refractivity (Wildman–Crippen MR) is 170 cm³/mol. The monoisotopic (exact) mass is 510 g/mol. The Hall–Kier alpha value is -5.39. The van der Waals surface area contributed by atoms with Crippen LogP contribution in [0.5, 0.6) is 0 Å². The minimum Gasteiger partial charge on any atom is -0.292 e. The van der Waals surface area contributed by atoms with Gasteiger partial charge in [-0.15, -0.1) is 6.42 Å². The molecule has 0 atom stereocenters. The van der Waals surface area contributed by atoms with Gasteiger partial charge < -0.3 is 0 Å². The van der Waals surface area contributed by atoms with Gasteiger partial charge in [0.1, 0.15) is 5.82 Å². The Morgan fingerprint density at radius 1 is 0.650 bits per heavy atom. The lowest BCUT2D eigenvalue weighted by molar-refractivity contribution is 1.10. The third-order valence-corrected chi connectivity index (χ3v) is 7.71. The number of allylic oxidation sites excluding steroid dienone is 1. The van der Waals surface area contributed by atoms with E-state index in [2.05, 4.69) is 127 Å². The summed E-state index contributed by atoms with van der Waals surface area (Å²) in [7, 11) is 0. The molecule has 0 N–H and O–H groups in total. The molecule has 0 bridgehead atoms. The third-order valence-electron chi connectivity index (χ3n) is 7.71. The van der Waals surface area contributed by atoms with E-state index in [0.29, 0.717) is 0 Å². The summed E-state index contributed by atoms with van der Waals surface area (Å²) in [6.45, 7) is 2.18. The van der Waals surface area contributed by atoms with Gasteiger partial charge in [0.05, 0.1) is 11.0 Å². The average Bonchev–Trinajstić information content (AvgIpc) is 3.41.